The molecule has 0 saturated carbocycles. The molecule has 0 radical (unpaired) electrons. The molecule has 132 valence electrons. The first-order valence-corrected chi connectivity index (χ1v) is 8.48. The third-order valence-corrected chi connectivity index (χ3v) is 4.46. The quantitative estimate of drug-likeness (QED) is 0.437. The number of anilines is 2. The molecule has 0 unspecified atom stereocenters. The molecule has 0 aliphatic carbocycles. The molecule has 0 fully saturated rings. The van der Waals surface area contributed by atoms with Gasteiger partial charge < -0.3 is 10.3 Å². The van der Waals surface area contributed by atoms with Gasteiger partial charge in [-0.1, -0.05) is 12.1 Å². The van der Waals surface area contributed by atoms with Crippen LogP contribution >= 0.6 is 0 Å². The fourth-order valence-corrected chi connectivity index (χ4v) is 3.16. The van der Waals surface area contributed by atoms with Gasteiger partial charge in [-0.05, 0) is 42.6 Å². The van der Waals surface area contributed by atoms with E-state index in [4.69, 9.17) is 0 Å². The van der Waals surface area contributed by atoms with Crippen LogP contribution < -0.4 is 5.32 Å². The second-order valence-corrected chi connectivity index (χ2v) is 6.44. The van der Waals surface area contributed by atoms with E-state index in [0.29, 0.717) is 5.82 Å². The second kappa shape index (κ2) is 5.91. The molecule has 0 amide bonds. The molecule has 27 heavy (non-hydrogen) atoms. The molecule has 3 heterocycles. The largest absolute Gasteiger partial charge is 0.359 e. The molecule has 7 heteroatoms. The molecule has 5 aromatic rings. The van der Waals surface area contributed by atoms with Crippen LogP contribution in [0.3, 0.4) is 0 Å². The lowest BCUT2D eigenvalue weighted by atomic mass is 10.1. The van der Waals surface area contributed by atoms with Crippen LogP contribution in [-0.4, -0.2) is 25.1 Å². The smallest absolute Gasteiger partial charge is 0.184 e. The zero-order valence-electron chi connectivity index (χ0n) is 14.4. The Kier molecular flexibility index (Phi) is 3.39. The number of aromatic nitrogens is 5. The third kappa shape index (κ3) is 2.79. The summed E-state index contributed by atoms with van der Waals surface area (Å²) in [6.45, 7) is 2.01. The molecule has 0 aliphatic heterocycles. The number of fused-ring (bicyclic) bond motifs is 2. The summed E-state index contributed by atoms with van der Waals surface area (Å²) in [6.07, 6.45) is 2.90. The van der Waals surface area contributed by atoms with Gasteiger partial charge in [-0.2, -0.15) is 5.10 Å². The van der Waals surface area contributed by atoms with E-state index >= 15 is 0 Å². The van der Waals surface area contributed by atoms with Crippen LogP contribution in [-0.2, 0) is 0 Å². The minimum Gasteiger partial charge on any atom is -0.359 e. The maximum Gasteiger partial charge on any atom is 0.184 e. The summed E-state index contributed by atoms with van der Waals surface area (Å²) in [5.41, 5.74) is 4.54. The number of aryl methyl sites for hydroxylation is 1. The molecule has 0 spiro atoms. The van der Waals surface area contributed by atoms with Gasteiger partial charge in [0.15, 0.2) is 17.5 Å². The van der Waals surface area contributed by atoms with Gasteiger partial charge in [0.05, 0.1) is 17.9 Å². The number of rotatable bonds is 3. The molecule has 0 saturated heterocycles. The zero-order chi connectivity index (χ0) is 18.4. The standard InChI is InChI=1S/C20H15FN6/c1-11-6-12-2-3-13(8-18(12)24-11)19-22-10-16(21)20(26-19)25-15-4-5-17-14(7-15)9-23-27-17/h2-10,24H,1H3,(H,23,27)(H,22,25,26). The predicted molar refractivity (Wildman–Crippen MR) is 103 cm³/mol. The first-order chi connectivity index (χ1) is 13.2. The Morgan fingerprint density at radius 2 is 1.89 bits per heavy atom. The highest BCUT2D eigenvalue weighted by Crippen LogP contribution is 2.26. The lowest BCUT2D eigenvalue weighted by Crippen LogP contribution is -2.00. The SMILES string of the molecule is Cc1cc2ccc(-c3ncc(F)c(Nc4ccc5[nH]ncc5c4)n3)cc2[nH]1. The molecule has 0 aliphatic rings. The van der Waals surface area contributed by atoms with Crippen LogP contribution in [0.5, 0.6) is 0 Å². The van der Waals surface area contributed by atoms with E-state index in [2.05, 4.69) is 36.5 Å². The van der Waals surface area contributed by atoms with Crippen molar-refractivity contribution in [2.45, 2.75) is 6.92 Å². The van der Waals surface area contributed by atoms with E-state index < -0.39 is 5.82 Å². The van der Waals surface area contributed by atoms with E-state index in [-0.39, 0.29) is 5.82 Å². The first-order valence-electron chi connectivity index (χ1n) is 8.48. The monoisotopic (exact) mass is 358 g/mol. The number of H-pyrrole nitrogens is 2. The van der Waals surface area contributed by atoms with Crippen molar-refractivity contribution >= 4 is 33.3 Å². The summed E-state index contributed by atoms with van der Waals surface area (Å²) in [7, 11) is 0. The summed E-state index contributed by atoms with van der Waals surface area (Å²) in [4.78, 5) is 11.8. The summed E-state index contributed by atoms with van der Waals surface area (Å²) in [5, 5.41) is 12.0. The lowest BCUT2D eigenvalue weighted by Gasteiger charge is -2.08. The van der Waals surface area contributed by atoms with Crippen LogP contribution in [0, 0.1) is 12.7 Å². The van der Waals surface area contributed by atoms with Crippen molar-refractivity contribution in [3.63, 3.8) is 0 Å². The molecule has 3 N–H and O–H groups in total. The molecule has 3 aromatic heterocycles. The summed E-state index contributed by atoms with van der Waals surface area (Å²) < 4.78 is 14.3. The van der Waals surface area contributed by atoms with Crippen molar-refractivity contribution in [3.05, 3.63) is 66.4 Å². The maximum absolute atomic E-state index is 14.3. The lowest BCUT2D eigenvalue weighted by molar-refractivity contribution is 0.619. The first kappa shape index (κ1) is 15.5. The van der Waals surface area contributed by atoms with Crippen molar-refractivity contribution in [2.75, 3.05) is 5.32 Å². The molecule has 0 atom stereocenters. The second-order valence-electron chi connectivity index (χ2n) is 6.44. The van der Waals surface area contributed by atoms with Crippen molar-refractivity contribution in [2.24, 2.45) is 0 Å². The average molecular weight is 358 g/mol. The number of hydrogen-bond donors (Lipinski definition) is 3. The van der Waals surface area contributed by atoms with Gasteiger partial charge in [0.2, 0.25) is 0 Å². The van der Waals surface area contributed by atoms with Crippen LogP contribution in [0.4, 0.5) is 15.9 Å². The van der Waals surface area contributed by atoms with Gasteiger partial charge in [0.1, 0.15) is 0 Å². The van der Waals surface area contributed by atoms with E-state index in [9.17, 15) is 4.39 Å². The summed E-state index contributed by atoms with van der Waals surface area (Å²) in [6, 6.07) is 13.6. The highest BCUT2D eigenvalue weighted by molar-refractivity contribution is 5.85. The van der Waals surface area contributed by atoms with Gasteiger partial charge in [-0.3, -0.25) is 5.10 Å². The van der Waals surface area contributed by atoms with Crippen LogP contribution in [0.2, 0.25) is 0 Å². The van der Waals surface area contributed by atoms with Crippen LogP contribution in [0.15, 0.2) is 54.9 Å². The molecule has 0 bridgehead atoms. The topological polar surface area (TPSA) is 82.3 Å². The van der Waals surface area contributed by atoms with Crippen molar-refractivity contribution in [1.82, 2.24) is 25.1 Å². The minimum atomic E-state index is -0.511. The minimum absolute atomic E-state index is 0.130. The normalized spacial score (nSPS) is 11.3. The number of aromatic amines is 2. The Bertz CT molecular complexity index is 1290. The van der Waals surface area contributed by atoms with Gasteiger partial charge in [-0.25, -0.2) is 14.4 Å². The fraction of sp³-hybridized carbons (Fsp3) is 0.0500. The maximum atomic E-state index is 14.3. The number of benzene rings is 2. The molecule has 6 nitrogen and oxygen atoms in total. The Morgan fingerprint density at radius 1 is 0.963 bits per heavy atom. The number of halogens is 1. The predicted octanol–water partition coefficient (Wildman–Crippen LogP) is 4.69. The Hall–Kier alpha value is -3.74. The van der Waals surface area contributed by atoms with E-state index in [1.54, 1.807) is 6.20 Å². The van der Waals surface area contributed by atoms with Crippen molar-refractivity contribution in [3.8, 4) is 11.4 Å². The highest BCUT2D eigenvalue weighted by atomic mass is 19.1. The highest BCUT2D eigenvalue weighted by Gasteiger charge is 2.11. The van der Waals surface area contributed by atoms with Crippen LogP contribution in [0.1, 0.15) is 5.69 Å². The molecular formula is C20H15FN6. The van der Waals surface area contributed by atoms with E-state index in [1.807, 2.05) is 43.3 Å². The Labute approximate surface area is 153 Å². The Morgan fingerprint density at radius 3 is 2.81 bits per heavy atom. The summed E-state index contributed by atoms with van der Waals surface area (Å²) >= 11 is 0. The number of nitrogens with one attached hydrogen (secondary N) is 3. The fourth-order valence-electron chi connectivity index (χ4n) is 3.16. The Balaban J connectivity index is 1.52. The van der Waals surface area contributed by atoms with Gasteiger partial charge >= 0.3 is 0 Å². The molecule has 5 rings (SSSR count). The average Bonchev–Trinajstić information content (AvgIpc) is 3.27. The number of nitrogens with zero attached hydrogens (tertiary/aromatic N) is 3. The van der Waals surface area contributed by atoms with Crippen molar-refractivity contribution in [1.29, 1.82) is 0 Å². The molecule has 2 aromatic carbocycles. The van der Waals surface area contributed by atoms with Crippen LogP contribution in [0.25, 0.3) is 33.2 Å². The van der Waals surface area contributed by atoms with Gasteiger partial charge in [0, 0.05) is 27.8 Å². The van der Waals surface area contributed by atoms with Crippen molar-refractivity contribution < 1.29 is 4.39 Å². The zero-order valence-corrected chi connectivity index (χ0v) is 14.4. The summed E-state index contributed by atoms with van der Waals surface area (Å²) in [5.74, 6) is 0.0749. The van der Waals surface area contributed by atoms with Gasteiger partial charge in [0.25, 0.3) is 0 Å². The van der Waals surface area contributed by atoms with E-state index in [1.165, 1.54) is 6.20 Å². The van der Waals surface area contributed by atoms with Gasteiger partial charge in [-0.15, -0.1) is 0 Å². The molecular weight excluding hydrogens is 343 g/mol. The number of hydrogen-bond acceptors (Lipinski definition) is 4. The van der Waals surface area contributed by atoms with E-state index in [0.717, 1.165) is 38.8 Å². The third-order valence-electron chi connectivity index (χ3n) is 4.46.